The molecule has 0 radical (unpaired) electrons. The Labute approximate surface area is 186 Å². The molecule has 0 spiro atoms. The summed E-state index contributed by atoms with van der Waals surface area (Å²) in [6, 6.07) is 14.4. The summed E-state index contributed by atoms with van der Waals surface area (Å²) in [6.45, 7) is 3.57. The van der Waals surface area contributed by atoms with Gasteiger partial charge >= 0.3 is 0 Å². The standard InChI is InChI=1S/C22H24N4O5S/c1-4-20(31-18-9-7-17(30-3)8-10-18)21(27)25-16-5-11-19(12-6-16)32(28,29)26-22-23-14-13-15(2)24-22/h5-14,20H,4H2,1-3H3,(H,25,27)(H,23,24,26)/t20-/m1/s1. The third-order valence-corrected chi connectivity index (χ3v) is 5.80. The fourth-order valence-corrected chi connectivity index (χ4v) is 3.71. The molecule has 1 atom stereocenters. The van der Waals surface area contributed by atoms with Gasteiger partial charge in [-0.1, -0.05) is 6.92 Å². The van der Waals surface area contributed by atoms with E-state index in [9.17, 15) is 13.2 Å². The summed E-state index contributed by atoms with van der Waals surface area (Å²) in [5.74, 6) is 0.876. The molecular formula is C22H24N4O5S. The number of amides is 1. The summed E-state index contributed by atoms with van der Waals surface area (Å²) in [7, 11) is -2.29. The Balaban J connectivity index is 1.65. The molecule has 2 N–H and O–H groups in total. The minimum atomic E-state index is -3.87. The smallest absolute Gasteiger partial charge is 0.265 e. The van der Waals surface area contributed by atoms with Gasteiger partial charge < -0.3 is 14.8 Å². The number of hydrogen-bond acceptors (Lipinski definition) is 7. The number of sulfonamides is 1. The zero-order chi connectivity index (χ0) is 23.1. The quantitative estimate of drug-likeness (QED) is 0.506. The van der Waals surface area contributed by atoms with E-state index in [0.717, 1.165) is 0 Å². The number of carbonyl (C=O) groups is 1. The molecule has 9 nitrogen and oxygen atoms in total. The Kier molecular flexibility index (Phi) is 7.26. The molecule has 1 amide bonds. The fraction of sp³-hybridized carbons (Fsp3) is 0.227. The van der Waals surface area contributed by atoms with Crippen LogP contribution in [0.25, 0.3) is 0 Å². The lowest BCUT2D eigenvalue weighted by Crippen LogP contribution is -2.32. The maximum absolute atomic E-state index is 12.6. The summed E-state index contributed by atoms with van der Waals surface area (Å²) < 4.78 is 38.3. The summed E-state index contributed by atoms with van der Waals surface area (Å²) >= 11 is 0. The van der Waals surface area contributed by atoms with Gasteiger partial charge in [0.2, 0.25) is 5.95 Å². The molecule has 0 aliphatic rings. The third kappa shape index (κ3) is 5.94. The van der Waals surface area contributed by atoms with Crippen LogP contribution < -0.4 is 19.5 Å². The van der Waals surface area contributed by atoms with E-state index in [4.69, 9.17) is 9.47 Å². The molecule has 0 aliphatic carbocycles. The molecule has 168 valence electrons. The van der Waals surface area contributed by atoms with Crippen molar-refractivity contribution in [3.05, 3.63) is 66.5 Å². The average molecular weight is 457 g/mol. The lowest BCUT2D eigenvalue weighted by molar-refractivity contribution is -0.122. The van der Waals surface area contributed by atoms with Crippen molar-refractivity contribution in [1.29, 1.82) is 0 Å². The van der Waals surface area contributed by atoms with Crippen molar-refractivity contribution >= 4 is 27.6 Å². The number of rotatable bonds is 9. The van der Waals surface area contributed by atoms with E-state index in [-0.39, 0.29) is 16.8 Å². The first kappa shape index (κ1) is 23.0. The van der Waals surface area contributed by atoms with Crippen molar-refractivity contribution in [1.82, 2.24) is 9.97 Å². The second kappa shape index (κ2) is 10.1. The Morgan fingerprint density at radius 2 is 1.69 bits per heavy atom. The first-order valence-electron chi connectivity index (χ1n) is 9.85. The van der Waals surface area contributed by atoms with Gasteiger partial charge in [-0.25, -0.2) is 23.1 Å². The first-order chi connectivity index (χ1) is 15.3. The second-order valence-corrected chi connectivity index (χ2v) is 8.51. The van der Waals surface area contributed by atoms with Gasteiger partial charge in [0.05, 0.1) is 12.0 Å². The van der Waals surface area contributed by atoms with Crippen LogP contribution in [0.15, 0.2) is 65.7 Å². The molecule has 0 fully saturated rings. The number of hydrogen-bond donors (Lipinski definition) is 2. The Hall–Kier alpha value is -3.66. The zero-order valence-corrected chi connectivity index (χ0v) is 18.7. The number of methoxy groups -OCH3 is 1. The topological polar surface area (TPSA) is 120 Å². The largest absolute Gasteiger partial charge is 0.497 e. The molecule has 3 aromatic rings. The normalized spacial score (nSPS) is 12.0. The Morgan fingerprint density at radius 3 is 2.28 bits per heavy atom. The highest BCUT2D eigenvalue weighted by Gasteiger charge is 2.20. The molecular weight excluding hydrogens is 432 g/mol. The van der Waals surface area contributed by atoms with Crippen molar-refractivity contribution in [2.24, 2.45) is 0 Å². The second-order valence-electron chi connectivity index (χ2n) is 6.83. The molecule has 3 rings (SSSR count). The number of aryl methyl sites for hydroxylation is 1. The molecule has 0 saturated heterocycles. The van der Waals surface area contributed by atoms with E-state index in [1.54, 1.807) is 44.4 Å². The van der Waals surface area contributed by atoms with E-state index in [1.165, 1.54) is 30.5 Å². The van der Waals surface area contributed by atoms with Crippen LogP contribution >= 0.6 is 0 Å². The molecule has 0 aliphatic heterocycles. The van der Waals surface area contributed by atoms with Crippen molar-refractivity contribution in [2.45, 2.75) is 31.3 Å². The number of nitrogens with zero attached hydrogens (tertiary/aromatic N) is 2. The zero-order valence-electron chi connectivity index (χ0n) is 17.9. The fourth-order valence-electron chi connectivity index (χ4n) is 2.76. The minimum absolute atomic E-state index is 0.0103. The van der Waals surface area contributed by atoms with Gasteiger partial charge in [0.1, 0.15) is 11.5 Å². The SMILES string of the molecule is CC[C@@H](Oc1ccc(OC)cc1)C(=O)Nc1ccc(S(=O)(=O)Nc2nccc(C)n2)cc1. The van der Waals surface area contributed by atoms with Gasteiger partial charge in [-0.2, -0.15) is 0 Å². The summed E-state index contributed by atoms with van der Waals surface area (Å²) in [6.07, 6.45) is 1.20. The highest BCUT2D eigenvalue weighted by Crippen LogP contribution is 2.20. The predicted molar refractivity (Wildman–Crippen MR) is 120 cm³/mol. The van der Waals surface area contributed by atoms with E-state index in [2.05, 4.69) is 20.0 Å². The van der Waals surface area contributed by atoms with Crippen LogP contribution in [0.2, 0.25) is 0 Å². The van der Waals surface area contributed by atoms with Gasteiger partial charge in [-0.15, -0.1) is 0 Å². The van der Waals surface area contributed by atoms with E-state index in [1.807, 2.05) is 6.92 Å². The number of anilines is 2. The minimum Gasteiger partial charge on any atom is -0.497 e. The molecule has 1 heterocycles. The van der Waals surface area contributed by atoms with Crippen LogP contribution in [0.5, 0.6) is 11.5 Å². The van der Waals surface area contributed by atoms with Crippen LogP contribution in [0.4, 0.5) is 11.6 Å². The van der Waals surface area contributed by atoms with Crippen molar-refractivity contribution in [3.63, 3.8) is 0 Å². The van der Waals surface area contributed by atoms with Crippen LogP contribution in [-0.2, 0) is 14.8 Å². The molecule has 0 unspecified atom stereocenters. The van der Waals surface area contributed by atoms with Crippen LogP contribution in [-0.4, -0.2) is 37.5 Å². The summed E-state index contributed by atoms with van der Waals surface area (Å²) in [5, 5.41) is 2.74. The lowest BCUT2D eigenvalue weighted by Gasteiger charge is -2.17. The molecule has 2 aromatic carbocycles. The molecule has 0 saturated carbocycles. The maximum atomic E-state index is 12.6. The first-order valence-corrected chi connectivity index (χ1v) is 11.3. The van der Waals surface area contributed by atoms with E-state index in [0.29, 0.717) is 29.3 Å². The number of aromatic nitrogens is 2. The highest BCUT2D eigenvalue weighted by molar-refractivity contribution is 7.92. The third-order valence-electron chi connectivity index (χ3n) is 4.45. The highest BCUT2D eigenvalue weighted by atomic mass is 32.2. The van der Waals surface area contributed by atoms with E-state index < -0.39 is 16.1 Å². The lowest BCUT2D eigenvalue weighted by atomic mass is 10.2. The Morgan fingerprint density at radius 1 is 1.03 bits per heavy atom. The Bertz CT molecular complexity index is 1170. The number of carbonyl (C=O) groups excluding carboxylic acids is 1. The maximum Gasteiger partial charge on any atom is 0.265 e. The molecule has 32 heavy (non-hydrogen) atoms. The van der Waals surface area contributed by atoms with Crippen molar-refractivity contribution in [3.8, 4) is 11.5 Å². The summed E-state index contributed by atoms with van der Waals surface area (Å²) in [5.41, 5.74) is 1.08. The molecule has 10 heteroatoms. The van der Waals surface area contributed by atoms with Gasteiger partial charge in [0.15, 0.2) is 6.10 Å². The van der Waals surface area contributed by atoms with Crippen LogP contribution in [0, 0.1) is 6.92 Å². The molecule has 1 aromatic heterocycles. The van der Waals surface area contributed by atoms with Crippen molar-refractivity contribution < 1.29 is 22.7 Å². The van der Waals surface area contributed by atoms with Crippen molar-refractivity contribution in [2.75, 3.05) is 17.1 Å². The predicted octanol–water partition coefficient (Wildman–Crippen LogP) is 3.39. The van der Waals surface area contributed by atoms with Crippen LogP contribution in [0.1, 0.15) is 19.0 Å². The number of benzene rings is 2. The van der Waals surface area contributed by atoms with Gasteiger partial charge in [-0.3, -0.25) is 4.79 Å². The van der Waals surface area contributed by atoms with Gasteiger partial charge in [-0.05, 0) is 67.9 Å². The average Bonchev–Trinajstić information content (AvgIpc) is 2.78. The van der Waals surface area contributed by atoms with Crippen LogP contribution in [0.3, 0.4) is 0 Å². The number of ether oxygens (including phenoxy) is 2. The summed E-state index contributed by atoms with van der Waals surface area (Å²) in [4.78, 5) is 20.6. The van der Waals surface area contributed by atoms with Gasteiger partial charge in [0, 0.05) is 17.6 Å². The number of nitrogens with one attached hydrogen (secondary N) is 2. The van der Waals surface area contributed by atoms with E-state index >= 15 is 0 Å². The molecule has 0 bridgehead atoms. The monoisotopic (exact) mass is 456 g/mol. The van der Waals surface area contributed by atoms with Gasteiger partial charge in [0.25, 0.3) is 15.9 Å².